The summed E-state index contributed by atoms with van der Waals surface area (Å²) in [6.07, 6.45) is -4.53. The SMILES string of the molecule is O=C(COCC(F)(F)F)Nc1cc(C(=O)O)ccc1Cl. The van der Waals surface area contributed by atoms with Gasteiger partial charge >= 0.3 is 12.1 Å². The second-order valence-corrected chi connectivity index (χ2v) is 4.06. The van der Waals surface area contributed by atoms with E-state index in [4.69, 9.17) is 16.7 Å². The van der Waals surface area contributed by atoms with E-state index in [1.165, 1.54) is 12.1 Å². The fourth-order valence-electron chi connectivity index (χ4n) is 1.20. The summed E-state index contributed by atoms with van der Waals surface area (Å²) in [7, 11) is 0. The van der Waals surface area contributed by atoms with Gasteiger partial charge in [0.1, 0.15) is 13.2 Å². The van der Waals surface area contributed by atoms with E-state index in [2.05, 4.69) is 10.1 Å². The molecule has 0 aliphatic rings. The predicted molar refractivity (Wildman–Crippen MR) is 63.9 cm³/mol. The van der Waals surface area contributed by atoms with E-state index < -0.39 is 31.3 Å². The molecule has 0 spiro atoms. The molecule has 1 rings (SSSR count). The summed E-state index contributed by atoms with van der Waals surface area (Å²) in [5.74, 6) is -2.11. The molecule has 0 saturated heterocycles. The summed E-state index contributed by atoms with van der Waals surface area (Å²) in [5, 5.41) is 11.0. The van der Waals surface area contributed by atoms with Gasteiger partial charge in [0.2, 0.25) is 5.91 Å². The first-order chi connectivity index (χ1) is 9.19. The molecule has 0 atom stereocenters. The van der Waals surface area contributed by atoms with Crippen LogP contribution in [0.1, 0.15) is 10.4 Å². The van der Waals surface area contributed by atoms with Crippen molar-refractivity contribution < 1.29 is 32.6 Å². The highest BCUT2D eigenvalue weighted by Crippen LogP contribution is 2.23. The molecule has 1 aromatic carbocycles. The molecule has 0 aromatic heterocycles. The van der Waals surface area contributed by atoms with Crippen molar-refractivity contribution in [3.05, 3.63) is 28.8 Å². The van der Waals surface area contributed by atoms with Gasteiger partial charge in [0.15, 0.2) is 0 Å². The minimum absolute atomic E-state index is 0.0211. The van der Waals surface area contributed by atoms with E-state index in [9.17, 15) is 22.8 Å². The third-order valence-corrected chi connectivity index (χ3v) is 2.32. The zero-order valence-corrected chi connectivity index (χ0v) is 10.6. The number of hydrogen-bond donors (Lipinski definition) is 2. The maximum atomic E-state index is 11.8. The summed E-state index contributed by atoms with van der Waals surface area (Å²) >= 11 is 5.72. The quantitative estimate of drug-likeness (QED) is 0.876. The number of aromatic carboxylic acids is 1. The van der Waals surface area contributed by atoms with Gasteiger partial charge in [0.25, 0.3) is 0 Å². The largest absolute Gasteiger partial charge is 0.478 e. The molecule has 0 unspecified atom stereocenters. The van der Waals surface area contributed by atoms with Crippen LogP contribution in [0.25, 0.3) is 0 Å². The van der Waals surface area contributed by atoms with E-state index in [1.807, 2.05) is 0 Å². The maximum Gasteiger partial charge on any atom is 0.411 e. The van der Waals surface area contributed by atoms with Crippen LogP contribution in [0.5, 0.6) is 0 Å². The average molecular weight is 312 g/mol. The number of carboxylic acids is 1. The minimum Gasteiger partial charge on any atom is -0.478 e. The summed E-state index contributed by atoms with van der Waals surface area (Å²) in [4.78, 5) is 22.0. The summed E-state index contributed by atoms with van der Waals surface area (Å²) < 4.78 is 39.5. The lowest BCUT2D eigenvalue weighted by molar-refractivity contribution is -0.174. The van der Waals surface area contributed by atoms with Gasteiger partial charge in [-0.05, 0) is 18.2 Å². The molecule has 110 valence electrons. The zero-order valence-electron chi connectivity index (χ0n) is 9.83. The van der Waals surface area contributed by atoms with E-state index in [0.29, 0.717) is 0 Å². The van der Waals surface area contributed by atoms with E-state index >= 15 is 0 Å². The van der Waals surface area contributed by atoms with E-state index in [1.54, 1.807) is 0 Å². The van der Waals surface area contributed by atoms with Gasteiger partial charge in [-0.1, -0.05) is 11.6 Å². The lowest BCUT2D eigenvalue weighted by Crippen LogP contribution is -2.24. The van der Waals surface area contributed by atoms with Crippen LogP contribution in [-0.2, 0) is 9.53 Å². The molecule has 0 aliphatic heterocycles. The molecule has 0 radical (unpaired) electrons. The Bertz CT molecular complexity index is 519. The summed E-state index contributed by atoms with van der Waals surface area (Å²) in [5.41, 5.74) is -0.145. The van der Waals surface area contributed by atoms with Gasteiger partial charge in [0.05, 0.1) is 16.3 Å². The number of anilines is 1. The number of rotatable bonds is 5. The normalized spacial score (nSPS) is 11.2. The van der Waals surface area contributed by atoms with Crippen LogP contribution in [-0.4, -0.2) is 36.4 Å². The van der Waals surface area contributed by atoms with E-state index in [-0.39, 0.29) is 16.3 Å². The molecule has 2 N–H and O–H groups in total. The van der Waals surface area contributed by atoms with Crippen molar-refractivity contribution in [3.8, 4) is 0 Å². The van der Waals surface area contributed by atoms with Gasteiger partial charge in [-0.2, -0.15) is 13.2 Å². The lowest BCUT2D eigenvalue weighted by atomic mass is 10.2. The Kier molecular flexibility index (Phi) is 5.34. The number of amides is 1. The van der Waals surface area contributed by atoms with Gasteiger partial charge in [-0.3, -0.25) is 4.79 Å². The Balaban J connectivity index is 2.62. The Hall–Kier alpha value is -1.80. The first-order valence-electron chi connectivity index (χ1n) is 5.16. The molecule has 9 heteroatoms. The number of hydrogen-bond acceptors (Lipinski definition) is 3. The molecule has 0 heterocycles. The minimum atomic E-state index is -4.53. The van der Waals surface area contributed by atoms with Crippen molar-refractivity contribution in [1.82, 2.24) is 0 Å². The molecule has 1 aromatic rings. The summed E-state index contributed by atoms with van der Waals surface area (Å²) in [6.45, 7) is -2.38. The number of carbonyl (C=O) groups is 2. The second kappa shape index (κ2) is 6.58. The Morgan fingerprint density at radius 2 is 2.00 bits per heavy atom. The van der Waals surface area contributed by atoms with E-state index in [0.717, 1.165) is 6.07 Å². The van der Waals surface area contributed by atoms with Crippen molar-refractivity contribution in [2.75, 3.05) is 18.5 Å². The number of nitrogens with one attached hydrogen (secondary N) is 1. The van der Waals surface area contributed by atoms with Crippen LogP contribution in [0.15, 0.2) is 18.2 Å². The van der Waals surface area contributed by atoms with Gasteiger partial charge < -0.3 is 15.2 Å². The number of ether oxygens (including phenoxy) is 1. The molecule has 0 saturated carbocycles. The molecule has 20 heavy (non-hydrogen) atoms. The second-order valence-electron chi connectivity index (χ2n) is 3.66. The molecular formula is C11H9ClF3NO4. The van der Waals surface area contributed by atoms with Crippen LogP contribution in [0.2, 0.25) is 5.02 Å². The first-order valence-corrected chi connectivity index (χ1v) is 5.54. The predicted octanol–water partition coefficient (Wildman–Crippen LogP) is 2.56. The zero-order chi connectivity index (χ0) is 15.3. The molecule has 5 nitrogen and oxygen atoms in total. The first kappa shape index (κ1) is 16.3. The number of carbonyl (C=O) groups excluding carboxylic acids is 1. The van der Waals surface area contributed by atoms with Crippen molar-refractivity contribution in [1.29, 1.82) is 0 Å². The van der Waals surface area contributed by atoms with Gasteiger partial charge in [-0.15, -0.1) is 0 Å². The van der Waals surface area contributed by atoms with Crippen LogP contribution < -0.4 is 5.32 Å². The number of halogens is 4. The number of alkyl halides is 3. The average Bonchev–Trinajstić information content (AvgIpc) is 2.30. The number of benzene rings is 1. The highest BCUT2D eigenvalue weighted by atomic mass is 35.5. The molecule has 0 bridgehead atoms. The lowest BCUT2D eigenvalue weighted by Gasteiger charge is -2.10. The Morgan fingerprint density at radius 3 is 2.55 bits per heavy atom. The molecule has 0 fully saturated rings. The molecule has 0 aliphatic carbocycles. The van der Waals surface area contributed by atoms with Crippen molar-refractivity contribution in [2.24, 2.45) is 0 Å². The van der Waals surface area contributed by atoms with Crippen molar-refractivity contribution >= 4 is 29.2 Å². The maximum absolute atomic E-state index is 11.8. The monoisotopic (exact) mass is 311 g/mol. The highest BCUT2D eigenvalue weighted by Gasteiger charge is 2.27. The number of carboxylic acid groups (broad SMARTS) is 1. The Morgan fingerprint density at radius 1 is 1.35 bits per heavy atom. The topological polar surface area (TPSA) is 75.6 Å². The highest BCUT2D eigenvalue weighted by molar-refractivity contribution is 6.33. The van der Waals surface area contributed by atoms with Crippen LogP contribution >= 0.6 is 11.6 Å². The third kappa shape index (κ3) is 5.45. The van der Waals surface area contributed by atoms with Crippen molar-refractivity contribution in [3.63, 3.8) is 0 Å². The van der Waals surface area contributed by atoms with Crippen LogP contribution in [0, 0.1) is 0 Å². The van der Waals surface area contributed by atoms with Crippen LogP contribution in [0.4, 0.5) is 18.9 Å². The molecule has 1 amide bonds. The molecular weight excluding hydrogens is 303 g/mol. The fraction of sp³-hybridized carbons (Fsp3) is 0.273. The van der Waals surface area contributed by atoms with Gasteiger partial charge in [-0.25, -0.2) is 4.79 Å². The smallest absolute Gasteiger partial charge is 0.411 e. The Labute approximate surface area is 116 Å². The standard InChI is InChI=1S/C11H9ClF3NO4/c12-7-2-1-6(10(18)19)3-8(7)16-9(17)4-20-5-11(13,14)15/h1-3H,4-5H2,(H,16,17)(H,18,19). The van der Waals surface area contributed by atoms with Gasteiger partial charge in [0, 0.05) is 0 Å². The van der Waals surface area contributed by atoms with Crippen LogP contribution in [0.3, 0.4) is 0 Å². The van der Waals surface area contributed by atoms with Crippen molar-refractivity contribution in [2.45, 2.75) is 6.18 Å². The fourth-order valence-corrected chi connectivity index (χ4v) is 1.36. The summed E-state index contributed by atoms with van der Waals surface area (Å²) in [6, 6.07) is 3.56. The third-order valence-electron chi connectivity index (χ3n) is 1.99.